The van der Waals surface area contributed by atoms with Crippen molar-refractivity contribution >= 4 is 44.6 Å². The van der Waals surface area contributed by atoms with Crippen molar-refractivity contribution < 1.29 is 14.8 Å². The normalized spacial score (nSPS) is 11.6. The number of hydrogen-bond donors (Lipinski definition) is 1. The quantitative estimate of drug-likeness (QED) is 0.146. The van der Waals surface area contributed by atoms with Gasteiger partial charge in [0.15, 0.2) is 10.7 Å². The summed E-state index contributed by atoms with van der Waals surface area (Å²) in [4.78, 5) is 30.4. The van der Waals surface area contributed by atoms with Gasteiger partial charge < -0.3 is 5.11 Å². The molecule has 3 aromatic carbocycles. The van der Waals surface area contributed by atoms with Gasteiger partial charge >= 0.3 is 0 Å². The number of carbonyl (C=O) groups is 1. The topological polar surface area (TPSA) is 97.7 Å². The van der Waals surface area contributed by atoms with Crippen molar-refractivity contribution in [2.75, 3.05) is 0 Å². The predicted octanol–water partition coefficient (Wildman–Crippen LogP) is 5.82. The zero-order valence-electron chi connectivity index (χ0n) is 18.1. The number of aliphatic hydroxyl groups is 1. The fraction of sp³-hybridized carbons (Fsp3) is 0.0769. The average Bonchev–Trinajstić information content (AvgIpc) is 3.37. The highest BCUT2D eigenvalue weighted by atomic mass is 32.1. The summed E-state index contributed by atoms with van der Waals surface area (Å²) in [5.74, 6) is -0.153. The second kappa shape index (κ2) is 8.66. The van der Waals surface area contributed by atoms with Gasteiger partial charge in [-0.2, -0.15) is 0 Å². The molecule has 0 radical (unpaired) electrons. The SMILES string of the molecule is Cc1cn2c(/C=C/C(=O)c3ccc4ccccc4c3)c(-c3ccc(CO)c([N+](=O)[O-])c3)nc2s1. The number of benzene rings is 3. The van der Waals surface area contributed by atoms with Gasteiger partial charge in [-0.3, -0.25) is 19.3 Å². The number of nitrogens with zero attached hydrogens (tertiary/aromatic N) is 3. The molecular formula is C26H19N3O4S. The number of nitro benzene ring substituents is 1. The molecular weight excluding hydrogens is 450 g/mol. The number of fused-ring (bicyclic) bond motifs is 2. The molecule has 5 rings (SSSR count). The first-order chi connectivity index (χ1) is 16.4. The van der Waals surface area contributed by atoms with Gasteiger partial charge in [-0.15, -0.1) is 11.3 Å². The Labute approximate surface area is 198 Å². The second-order valence-corrected chi connectivity index (χ2v) is 9.07. The van der Waals surface area contributed by atoms with Crippen LogP contribution >= 0.6 is 11.3 Å². The maximum Gasteiger partial charge on any atom is 0.275 e. The third-order valence-electron chi connectivity index (χ3n) is 5.63. The Bertz CT molecular complexity index is 1610. The van der Waals surface area contributed by atoms with E-state index in [4.69, 9.17) is 0 Å². The lowest BCUT2D eigenvalue weighted by Crippen LogP contribution is -1.97. The average molecular weight is 470 g/mol. The van der Waals surface area contributed by atoms with Gasteiger partial charge in [-0.1, -0.05) is 42.5 Å². The molecule has 0 spiro atoms. The van der Waals surface area contributed by atoms with Crippen LogP contribution in [-0.2, 0) is 6.61 Å². The smallest absolute Gasteiger partial charge is 0.275 e. The number of imidazole rings is 1. The molecule has 0 saturated heterocycles. The van der Waals surface area contributed by atoms with Gasteiger partial charge in [0, 0.05) is 28.3 Å². The van der Waals surface area contributed by atoms with E-state index in [0.29, 0.717) is 22.5 Å². The van der Waals surface area contributed by atoms with Crippen LogP contribution in [0.4, 0.5) is 5.69 Å². The number of aryl methyl sites for hydroxylation is 1. The minimum atomic E-state index is -0.517. The van der Waals surface area contributed by atoms with E-state index in [9.17, 15) is 20.0 Å². The standard InChI is InChI=1S/C26H19N3O4S/c1-16-14-28-22(10-11-24(31)19-7-6-17-4-2-3-5-18(17)12-19)25(27-26(28)34-16)20-8-9-21(15-30)23(13-20)29(32)33/h2-14,30H,15H2,1H3/b11-10+. The van der Waals surface area contributed by atoms with Crippen LogP contribution in [0.25, 0.3) is 33.1 Å². The number of nitro groups is 1. The van der Waals surface area contributed by atoms with Crippen LogP contribution in [0.15, 0.2) is 72.9 Å². The molecule has 8 heteroatoms. The Morgan fingerprint density at radius 2 is 1.94 bits per heavy atom. The number of aliphatic hydroxyl groups excluding tert-OH is 1. The summed E-state index contributed by atoms with van der Waals surface area (Å²) in [7, 11) is 0. The fourth-order valence-corrected chi connectivity index (χ4v) is 4.79. The van der Waals surface area contributed by atoms with E-state index in [1.165, 1.54) is 29.5 Å². The lowest BCUT2D eigenvalue weighted by Gasteiger charge is -2.04. The summed E-state index contributed by atoms with van der Waals surface area (Å²) in [5.41, 5.74) is 2.35. The molecule has 0 amide bonds. The number of carbonyl (C=O) groups excluding carboxylic acids is 1. The summed E-state index contributed by atoms with van der Waals surface area (Å²) in [6, 6.07) is 18.1. The molecule has 7 nitrogen and oxygen atoms in total. The van der Waals surface area contributed by atoms with Crippen molar-refractivity contribution in [1.82, 2.24) is 9.38 Å². The van der Waals surface area contributed by atoms with Crippen molar-refractivity contribution in [1.29, 1.82) is 0 Å². The van der Waals surface area contributed by atoms with Crippen molar-refractivity contribution in [2.24, 2.45) is 0 Å². The molecule has 2 heterocycles. The summed E-state index contributed by atoms with van der Waals surface area (Å²) in [5, 5.41) is 23.0. The monoisotopic (exact) mass is 469 g/mol. The zero-order chi connectivity index (χ0) is 23.8. The van der Waals surface area contributed by atoms with E-state index in [0.717, 1.165) is 20.6 Å². The molecule has 1 N–H and O–H groups in total. The Hall–Kier alpha value is -4.14. The summed E-state index contributed by atoms with van der Waals surface area (Å²) in [6.07, 6.45) is 5.12. The third kappa shape index (κ3) is 3.89. The summed E-state index contributed by atoms with van der Waals surface area (Å²) < 4.78 is 1.88. The van der Waals surface area contributed by atoms with E-state index in [-0.39, 0.29) is 17.0 Å². The molecule has 0 aliphatic carbocycles. The van der Waals surface area contributed by atoms with E-state index in [2.05, 4.69) is 4.98 Å². The summed E-state index contributed by atoms with van der Waals surface area (Å²) in [6.45, 7) is 1.54. The molecule has 0 saturated carbocycles. The van der Waals surface area contributed by atoms with Crippen LogP contribution in [0.3, 0.4) is 0 Å². The predicted molar refractivity (Wildman–Crippen MR) is 133 cm³/mol. The Morgan fingerprint density at radius 3 is 2.71 bits per heavy atom. The van der Waals surface area contributed by atoms with Gasteiger partial charge in [0.05, 0.1) is 28.5 Å². The van der Waals surface area contributed by atoms with E-state index >= 15 is 0 Å². The molecule has 0 bridgehead atoms. The number of hydrogen-bond acceptors (Lipinski definition) is 6. The van der Waals surface area contributed by atoms with Crippen LogP contribution in [-0.4, -0.2) is 25.2 Å². The number of allylic oxidation sites excluding steroid dienone is 1. The van der Waals surface area contributed by atoms with Crippen molar-refractivity contribution in [3.05, 3.63) is 105 Å². The van der Waals surface area contributed by atoms with E-state index < -0.39 is 11.5 Å². The van der Waals surface area contributed by atoms with Gasteiger partial charge in [0.1, 0.15) is 0 Å². The molecule has 168 valence electrons. The lowest BCUT2D eigenvalue weighted by molar-refractivity contribution is -0.385. The molecule has 0 unspecified atom stereocenters. The first-order valence-electron chi connectivity index (χ1n) is 10.5. The number of aromatic nitrogens is 2. The van der Waals surface area contributed by atoms with E-state index in [1.54, 1.807) is 18.2 Å². The van der Waals surface area contributed by atoms with Crippen LogP contribution < -0.4 is 0 Å². The number of thiazole rings is 1. The van der Waals surface area contributed by atoms with Gasteiger partial charge in [-0.25, -0.2) is 4.98 Å². The van der Waals surface area contributed by atoms with Crippen LogP contribution in [0.2, 0.25) is 0 Å². The first-order valence-corrected chi connectivity index (χ1v) is 11.3. The molecule has 34 heavy (non-hydrogen) atoms. The minimum Gasteiger partial charge on any atom is -0.391 e. The third-order valence-corrected chi connectivity index (χ3v) is 6.53. The first kappa shape index (κ1) is 21.7. The van der Waals surface area contributed by atoms with Crippen molar-refractivity contribution in [3.63, 3.8) is 0 Å². The second-order valence-electron chi connectivity index (χ2n) is 7.86. The largest absolute Gasteiger partial charge is 0.391 e. The van der Waals surface area contributed by atoms with Gasteiger partial charge in [0.25, 0.3) is 5.69 Å². The van der Waals surface area contributed by atoms with Gasteiger partial charge in [0.2, 0.25) is 0 Å². The molecule has 5 aromatic rings. The molecule has 0 fully saturated rings. The minimum absolute atomic E-state index is 0.153. The van der Waals surface area contributed by atoms with E-state index in [1.807, 2.05) is 53.9 Å². The van der Waals surface area contributed by atoms with Crippen molar-refractivity contribution in [3.8, 4) is 11.3 Å². The van der Waals surface area contributed by atoms with Crippen LogP contribution in [0.1, 0.15) is 26.5 Å². The molecule has 2 aromatic heterocycles. The molecule has 0 atom stereocenters. The van der Waals surface area contributed by atoms with Gasteiger partial charge in [-0.05, 0) is 42.0 Å². The van der Waals surface area contributed by atoms with Crippen LogP contribution in [0, 0.1) is 17.0 Å². The highest BCUT2D eigenvalue weighted by molar-refractivity contribution is 7.17. The number of ketones is 1. The molecule has 0 aliphatic rings. The Kier molecular flexibility index (Phi) is 5.53. The van der Waals surface area contributed by atoms with Crippen LogP contribution in [0.5, 0.6) is 0 Å². The highest BCUT2D eigenvalue weighted by Crippen LogP contribution is 2.32. The maximum absolute atomic E-state index is 13.0. The Morgan fingerprint density at radius 1 is 1.15 bits per heavy atom. The maximum atomic E-state index is 13.0. The Balaban J connectivity index is 1.58. The van der Waals surface area contributed by atoms with Crippen molar-refractivity contribution in [2.45, 2.75) is 13.5 Å². The number of rotatable bonds is 6. The lowest BCUT2D eigenvalue weighted by atomic mass is 10.0. The zero-order valence-corrected chi connectivity index (χ0v) is 19.0. The fourth-order valence-electron chi connectivity index (χ4n) is 3.95. The summed E-state index contributed by atoms with van der Waals surface area (Å²) >= 11 is 1.49. The highest BCUT2D eigenvalue weighted by Gasteiger charge is 2.19. The molecule has 0 aliphatic heterocycles.